The van der Waals surface area contributed by atoms with E-state index in [2.05, 4.69) is 82.8 Å². The molecule has 0 saturated carbocycles. The summed E-state index contributed by atoms with van der Waals surface area (Å²) in [5.74, 6) is 0.560. The van der Waals surface area contributed by atoms with Gasteiger partial charge < -0.3 is 16.2 Å². The van der Waals surface area contributed by atoms with Crippen LogP contribution >= 0.6 is 0 Å². The highest BCUT2D eigenvalue weighted by atomic mass is 16.2. The first-order chi connectivity index (χ1) is 15.9. The Morgan fingerprint density at radius 2 is 1.82 bits per heavy atom. The lowest BCUT2D eigenvalue weighted by molar-refractivity contribution is 0.259. The van der Waals surface area contributed by atoms with Crippen LogP contribution < -0.4 is 11.1 Å². The lowest BCUT2D eigenvalue weighted by Gasteiger charge is -2.19. The molecular formula is C28H49N4O2. The zero-order valence-corrected chi connectivity index (χ0v) is 22.6. The number of rotatable bonds is 9. The van der Waals surface area contributed by atoms with Crippen LogP contribution in [0.15, 0.2) is 46.1 Å². The van der Waals surface area contributed by atoms with Crippen LogP contribution in [-0.2, 0) is 0 Å². The number of aliphatic hydroxyl groups excluding tert-OH is 1. The number of primary amides is 1. The summed E-state index contributed by atoms with van der Waals surface area (Å²) in [6.07, 6.45) is 9.58. The largest absolute Gasteiger partial charge is 0.400 e. The minimum absolute atomic E-state index is 0. The number of aryl methyl sites for hydroxylation is 1. The van der Waals surface area contributed by atoms with E-state index >= 15 is 0 Å². The van der Waals surface area contributed by atoms with Crippen LogP contribution in [0.4, 0.5) is 10.5 Å². The maximum Gasteiger partial charge on any atom is 0.316 e. The number of carbonyl (C=O) groups is 1. The fraction of sp³-hybridized carbons (Fsp3) is 0.500. The minimum Gasteiger partial charge on any atom is -0.400 e. The van der Waals surface area contributed by atoms with Crippen molar-refractivity contribution in [1.29, 1.82) is 0 Å². The third kappa shape index (κ3) is 12.5. The van der Waals surface area contributed by atoms with E-state index in [1.807, 2.05) is 19.2 Å². The maximum atomic E-state index is 11.1. The highest BCUT2D eigenvalue weighted by Crippen LogP contribution is 2.31. The maximum absolute atomic E-state index is 11.1. The van der Waals surface area contributed by atoms with E-state index in [4.69, 9.17) is 10.8 Å². The van der Waals surface area contributed by atoms with E-state index in [-0.39, 0.29) is 8.77 Å². The molecule has 193 valence electrons. The van der Waals surface area contributed by atoms with Gasteiger partial charge in [0.05, 0.1) is 11.4 Å². The van der Waals surface area contributed by atoms with Crippen molar-refractivity contribution in [1.82, 2.24) is 4.98 Å². The topological polar surface area (TPSA) is 101 Å². The number of pyridine rings is 1. The number of hydrogen-bond acceptors (Lipinski definition) is 4. The molecule has 0 aromatic carbocycles. The second-order valence-corrected chi connectivity index (χ2v) is 9.18. The molecule has 6 nitrogen and oxygen atoms in total. The molecule has 0 aliphatic heterocycles. The van der Waals surface area contributed by atoms with Gasteiger partial charge in [-0.25, -0.2) is 4.79 Å². The first-order valence-corrected chi connectivity index (χ1v) is 11.8. The van der Waals surface area contributed by atoms with Crippen molar-refractivity contribution in [2.24, 2.45) is 10.7 Å². The number of aliphatic hydroxyl groups is 1. The summed E-state index contributed by atoms with van der Waals surface area (Å²) in [4.78, 5) is 19.9. The second-order valence-electron chi connectivity index (χ2n) is 9.18. The average molecular weight is 474 g/mol. The SMILES string of the molecule is C=C(CCCC1=C[CH]1)N=CC(C)=C(C)C.CO.Cc1cc(C(C)C)c(NC(N)=O)c(C(C)C)n1.[HH].[HH]. The van der Waals surface area contributed by atoms with Crippen molar-refractivity contribution < 1.29 is 12.8 Å². The van der Waals surface area contributed by atoms with Gasteiger partial charge in [0, 0.05) is 34.0 Å². The molecule has 1 radical (unpaired) electrons. The highest BCUT2D eigenvalue weighted by Gasteiger charge is 2.17. The van der Waals surface area contributed by atoms with Gasteiger partial charge in [-0.2, -0.15) is 0 Å². The molecule has 2 amide bonds. The Balaban J connectivity index is -0.000000541. The molecule has 0 spiro atoms. The average Bonchev–Trinajstić information content (AvgIpc) is 3.58. The minimum atomic E-state index is -0.542. The predicted octanol–water partition coefficient (Wildman–Crippen LogP) is 7.47. The van der Waals surface area contributed by atoms with Crippen LogP contribution in [-0.4, -0.2) is 29.4 Å². The van der Waals surface area contributed by atoms with Crippen molar-refractivity contribution in [2.75, 3.05) is 12.4 Å². The predicted molar refractivity (Wildman–Crippen MR) is 151 cm³/mol. The van der Waals surface area contributed by atoms with E-state index in [0.29, 0.717) is 5.92 Å². The summed E-state index contributed by atoms with van der Waals surface area (Å²) in [6, 6.07) is 1.46. The molecule has 1 aromatic rings. The molecule has 1 aromatic heterocycles. The molecule has 0 unspecified atom stereocenters. The van der Waals surface area contributed by atoms with Gasteiger partial charge >= 0.3 is 6.03 Å². The molecule has 6 heteroatoms. The van der Waals surface area contributed by atoms with Gasteiger partial charge in [0.2, 0.25) is 0 Å². The number of nitrogens with zero attached hydrogens (tertiary/aromatic N) is 2. The Bertz CT molecular complexity index is 887. The smallest absolute Gasteiger partial charge is 0.316 e. The van der Waals surface area contributed by atoms with Gasteiger partial charge in [-0.15, -0.1) is 0 Å². The summed E-state index contributed by atoms with van der Waals surface area (Å²) in [5, 5.41) is 9.71. The Morgan fingerprint density at radius 3 is 2.26 bits per heavy atom. The van der Waals surface area contributed by atoms with Crippen molar-refractivity contribution in [2.45, 2.75) is 86.5 Å². The third-order valence-electron chi connectivity index (χ3n) is 5.19. The standard InChI is InChI=1S/C14H20N.C13H21N3O.CH4O.2H2/c1-11(2)12(3)10-15-13(4)6-5-7-14-8-9-14;1-7(2)10-6-9(5)15-11(8(3)4)12(10)16-13(14)17;1-2;;/h8-10H,4-7H2,1-3H3;6-8H,1-5H3,(H3,14,16,17);2H,1H3;2*1H. The van der Waals surface area contributed by atoms with Crippen molar-refractivity contribution in [3.05, 3.63) is 64.5 Å². The Hall–Kier alpha value is -2.73. The fourth-order valence-electron chi connectivity index (χ4n) is 2.96. The van der Waals surface area contributed by atoms with E-state index in [0.717, 1.165) is 48.3 Å². The van der Waals surface area contributed by atoms with Gasteiger partial charge in [-0.05, 0) is 76.0 Å². The molecular weight excluding hydrogens is 424 g/mol. The first kappa shape index (κ1) is 31.3. The second kappa shape index (κ2) is 16.0. The van der Waals surface area contributed by atoms with Gasteiger partial charge in [-0.1, -0.05) is 51.5 Å². The van der Waals surface area contributed by atoms with Gasteiger partial charge in [0.15, 0.2) is 0 Å². The fourth-order valence-corrected chi connectivity index (χ4v) is 2.96. The Kier molecular flexibility index (Phi) is 14.7. The number of anilines is 1. The van der Waals surface area contributed by atoms with E-state index in [1.165, 1.54) is 23.1 Å². The normalized spacial score (nSPS) is 11.8. The molecule has 1 aliphatic carbocycles. The number of amides is 2. The molecule has 1 heterocycles. The van der Waals surface area contributed by atoms with Gasteiger partial charge in [-0.3, -0.25) is 9.98 Å². The van der Waals surface area contributed by atoms with E-state index in [1.54, 1.807) is 0 Å². The van der Waals surface area contributed by atoms with Crippen LogP contribution in [0.5, 0.6) is 0 Å². The first-order valence-electron chi connectivity index (χ1n) is 11.8. The van der Waals surface area contributed by atoms with E-state index in [9.17, 15) is 4.79 Å². The number of nitrogens with two attached hydrogens (primary N) is 1. The Morgan fingerprint density at radius 1 is 1.24 bits per heavy atom. The quantitative estimate of drug-likeness (QED) is 0.324. The lowest BCUT2D eigenvalue weighted by Crippen LogP contribution is -2.22. The number of allylic oxidation sites excluding steroid dienone is 5. The third-order valence-corrected chi connectivity index (χ3v) is 5.19. The molecule has 0 saturated heterocycles. The number of carbonyl (C=O) groups excluding carboxylic acids is 1. The summed E-state index contributed by atoms with van der Waals surface area (Å²) < 4.78 is 0. The van der Waals surface area contributed by atoms with Crippen LogP contribution in [0.1, 0.15) is 99.4 Å². The molecule has 1 aliphatic rings. The summed E-state index contributed by atoms with van der Waals surface area (Å²) in [5.41, 5.74) is 13.9. The zero-order chi connectivity index (χ0) is 26.4. The van der Waals surface area contributed by atoms with Gasteiger partial charge in [0.1, 0.15) is 0 Å². The van der Waals surface area contributed by atoms with Crippen LogP contribution in [0.2, 0.25) is 0 Å². The number of aliphatic imine (C=N–C) groups is 1. The summed E-state index contributed by atoms with van der Waals surface area (Å²) in [6.45, 7) is 20.5. The molecule has 0 bridgehead atoms. The lowest BCUT2D eigenvalue weighted by atomic mass is 9.96. The molecule has 0 fully saturated rings. The van der Waals surface area contributed by atoms with Crippen molar-refractivity contribution >= 4 is 17.9 Å². The molecule has 34 heavy (non-hydrogen) atoms. The summed E-state index contributed by atoms with van der Waals surface area (Å²) in [7, 11) is 1.00. The molecule has 2 rings (SSSR count). The highest BCUT2D eigenvalue weighted by molar-refractivity contribution is 5.89. The number of urea groups is 1. The monoisotopic (exact) mass is 473 g/mol. The van der Waals surface area contributed by atoms with Crippen molar-refractivity contribution in [3.8, 4) is 0 Å². The van der Waals surface area contributed by atoms with Crippen LogP contribution in [0.3, 0.4) is 0 Å². The summed E-state index contributed by atoms with van der Waals surface area (Å²) >= 11 is 0. The van der Waals surface area contributed by atoms with E-state index < -0.39 is 6.03 Å². The number of aromatic nitrogens is 1. The zero-order valence-electron chi connectivity index (χ0n) is 22.6. The number of nitrogens with one attached hydrogen (secondary N) is 1. The van der Waals surface area contributed by atoms with Crippen LogP contribution in [0, 0.1) is 13.3 Å². The molecule has 0 atom stereocenters. The molecule has 4 N–H and O–H groups in total. The van der Waals surface area contributed by atoms with Crippen LogP contribution in [0.25, 0.3) is 0 Å². The van der Waals surface area contributed by atoms with Gasteiger partial charge in [0.25, 0.3) is 0 Å². The number of hydrogen-bond donors (Lipinski definition) is 3. The Labute approximate surface area is 210 Å². The van der Waals surface area contributed by atoms with Crippen molar-refractivity contribution in [3.63, 3.8) is 0 Å².